The summed E-state index contributed by atoms with van der Waals surface area (Å²) in [6, 6.07) is 10.9. The molecular weight excluding hydrogens is 526 g/mol. The van der Waals surface area contributed by atoms with Gasteiger partial charge in [-0.1, -0.05) is 31.4 Å². The van der Waals surface area contributed by atoms with Crippen molar-refractivity contribution in [1.29, 1.82) is 0 Å². The molecule has 1 atom stereocenters. The summed E-state index contributed by atoms with van der Waals surface area (Å²) in [6.45, 7) is 3.87. The number of methoxy groups -OCH3 is 1. The molecule has 190 valence electrons. The number of rotatable bonds is 8. The molecule has 0 unspecified atom stereocenters. The number of esters is 1. The summed E-state index contributed by atoms with van der Waals surface area (Å²) in [5, 5.41) is 5.13. The monoisotopic (exact) mass is 555 g/mol. The number of nitrogens with zero attached hydrogens (tertiary/aromatic N) is 3. The van der Waals surface area contributed by atoms with Crippen LogP contribution in [0.25, 0.3) is 10.9 Å². The average Bonchev–Trinajstić information content (AvgIpc) is 2.90. The van der Waals surface area contributed by atoms with Gasteiger partial charge >= 0.3 is 5.97 Å². The first-order chi connectivity index (χ1) is 17.4. The zero-order valence-electron chi connectivity index (χ0n) is 20.7. The molecule has 3 aromatic rings. The SMILES string of the molecule is CCOc1cc(C=Nn2c(C3CCCCC3)nc3ccccc3c2=O)cc(Br)c1O[C@H](C)C(=O)OC. The summed E-state index contributed by atoms with van der Waals surface area (Å²) in [5.41, 5.74) is 1.20. The second-order valence-electron chi connectivity index (χ2n) is 8.73. The van der Waals surface area contributed by atoms with E-state index in [9.17, 15) is 9.59 Å². The van der Waals surface area contributed by atoms with E-state index in [1.807, 2.05) is 25.1 Å². The van der Waals surface area contributed by atoms with Crippen molar-refractivity contribution in [2.24, 2.45) is 5.10 Å². The van der Waals surface area contributed by atoms with E-state index in [-0.39, 0.29) is 11.5 Å². The van der Waals surface area contributed by atoms with E-state index in [1.165, 1.54) is 18.2 Å². The Morgan fingerprint density at radius 3 is 2.72 bits per heavy atom. The molecule has 2 aromatic carbocycles. The Morgan fingerprint density at radius 2 is 2.00 bits per heavy atom. The highest BCUT2D eigenvalue weighted by atomic mass is 79.9. The highest BCUT2D eigenvalue weighted by molar-refractivity contribution is 9.10. The lowest BCUT2D eigenvalue weighted by atomic mass is 9.88. The van der Waals surface area contributed by atoms with Crippen LogP contribution in [0.5, 0.6) is 11.5 Å². The Morgan fingerprint density at radius 1 is 1.25 bits per heavy atom. The van der Waals surface area contributed by atoms with Gasteiger partial charge in [-0.25, -0.2) is 9.78 Å². The first-order valence-corrected chi connectivity index (χ1v) is 13.0. The van der Waals surface area contributed by atoms with E-state index >= 15 is 0 Å². The van der Waals surface area contributed by atoms with E-state index in [0.29, 0.717) is 44.9 Å². The lowest BCUT2D eigenvalue weighted by Crippen LogP contribution is -2.25. The van der Waals surface area contributed by atoms with Gasteiger partial charge in [0, 0.05) is 5.92 Å². The van der Waals surface area contributed by atoms with Crippen LogP contribution in [0.1, 0.15) is 63.3 Å². The summed E-state index contributed by atoms with van der Waals surface area (Å²) in [6.07, 6.45) is 6.22. The summed E-state index contributed by atoms with van der Waals surface area (Å²) < 4.78 is 18.4. The van der Waals surface area contributed by atoms with Gasteiger partial charge in [-0.2, -0.15) is 9.78 Å². The van der Waals surface area contributed by atoms with Crippen molar-refractivity contribution in [1.82, 2.24) is 9.66 Å². The van der Waals surface area contributed by atoms with E-state index < -0.39 is 12.1 Å². The molecule has 1 fully saturated rings. The molecule has 8 nitrogen and oxygen atoms in total. The third-order valence-corrected chi connectivity index (χ3v) is 6.82. The molecule has 0 amide bonds. The van der Waals surface area contributed by atoms with E-state index in [4.69, 9.17) is 19.2 Å². The predicted octanol–water partition coefficient (Wildman–Crippen LogP) is 5.43. The van der Waals surface area contributed by atoms with Gasteiger partial charge in [-0.3, -0.25) is 4.79 Å². The molecule has 1 saturated carbocycles. The maximum atomic E-state index is 13.4. The number of ether oxygens (including phenoxy) is 3. The minimum Gasteiger partial charge on any atom is -0.490 e. The van der Waals surface area contributed by atoms with Crippen LogP contribution < -0.4 is 15.0 Å². The Hall–Kier alpha value is -3.20. The molecule has 0 N–H and O–H groups in total. The molecule has 9 heteroatoms. The van der Waals surface area contributed by atoms with Crippen LogP contribution in [0.15, 0.2) is 50.8 Å². The van der Waals surface area contributed by atoms with Crippen LogP contribution in [-0.2, 0) is 9.53 Å². The van der Waals surface area contributed by atoms with E-state index in [1.54, 1.807) is 31.3 Å². The highest BCUT2D eigenvalue weighted by Gasteiger charge is 2.23. The normalized spacial score (nSPS) is 15.2. The Balaban J connectivity index is 1.75. The summed E-state index contributed by atoms with van der Waals surface area (Å²) in [4.78, 5) is 30.1. The van der Waals surface area contributed by atoms with Gasteiger partial charge in [-0.05, 0) is 72.4 Å². The lowest BCUT2D eigenvalue weighted by Gasteiger charge is -2.22. The molecule has 0 spiro atoms. The van der Waals surface area contributed by atoms with Crippen molar-refractivity contribution in [3.8, 4) is 11.5 Å². The number of halogens is 1. The van der Waals surface area contributed by atoms with Crippen molar-refractivity contribution < 1.29 is 19.0 Å². The van der Waals surface area contributed by atoms with Gasteiger partial charge in [0.15, 0.2) is 17.6 Å². The van der Waals surface area contributed by atoms with Crippen molar-refractivity contribution in [2.75, 3.05) is 13.7 Å². The molecule has 1 heterocycles. The maximum Gasteiger partial charge on any atom is 0.346 e. The average molecular weight is 556 g/mol. The zero-order chi connectivity index (χ0) is 25.7. The first kappa shape index (κ1) is 25.9. The van der Waals surface area contributed by atoms with Crippen LogP contribution in [0, 0.1) is 0 Å². The van der Waals surface area contributed by atoms with Gasteiger partial charge in [0.1, 0.15) is 5.82 Å². The molecular formula is C27H30BrN3O5. The van der Waals surface area contributed by atoms with E-state index in [0.717, 1.165) is 25.7 Å². The molecule has 36 heavy (non-hydrogen) atoms. The lowest BCUT2D eigenvalue weighted by molar-refractivity contribution is -0.147. The van der Waals surface area contributed by atoms with Gasteiger partial charge in [0.05, 0.1) is 35.3 Å². The van der Waals surface area contributed by atoms with Crippen LogP contribution in [0.3, 0.4) is 0 Å². The molecule has 4 rings (SSSR count). The molecule has 0 radical (unpaired) electrons. The van der Waals surface area contributed by atoms with Crippen molar-refractivity contribution in [3.05, 3.63) is 62.6 Å². The zero-order valence-corrected chi connectivity index (χ0v) is 22.3. The van der Waals surface area contributed by atoms with E-state index in [2.05, 4.69) is 21.0 Å². The fourth-order valence-corrected chi connectivity index (χ4v) is 4.99. The highest BCUT2D eigenvalue weighted by Crippen LogP contribution is 2.37. The predicted molar refractivity (Wildman–Crippen MR) is 142 cm³/mol. The van der Waals surface area contributed by atoms with Crippen molar-refractivity contribution in [3.63, 3.8) is 0 Å². The minimum atomic E-state index is -0.815. The maximum absolute atomic E-state index is 13.4. The Bertz CT molecular complexity index is 1330. The van der Waals surface area contributed by atoms with Crippen molar-refractivity contribution >= 4 is 39.0 Å². The molecule has 0 aliphatic heterocycles. The van der Waals surface area contributed by atoms with Crippen LogP contribution >= 0.6 is 15.9 Å². The van der Waals surface area contributed by atoms with Gasteiger partial charge in [-0.15, -0.1) is 0 Å². The molecule has 0 bridgehead atoms. The number of para-hydroxylation sites is 1. The third kappa shape index (κ3) is 5.61. The number of benzene rings is 2. The van der Waals surface area contributed by atoms with Crippen LogP contribution in [0.2, 0.25) is 0 Å². The number of fused-ring (bicyclic) bond motifs is 1. The fourth-order valence-electron chi connectivity index (χ4n) is 4.43. The molecule has 1 aromatic heterocycles. The largest absolute Gasteiger partial charge is 0.490 e. The minimum absolute atomic E-state index is 0.187. The van der Waals surface area contributed by atoms with Gasteiger partial charge in [0.2, 0.25) is 0 Å². The number of carbonyl (C=O) groups excluding carboxylic acids is 1. The standard InChI is InChI=1S/C27H30BrN3O5/c1-4-35-23-15-18(14-21(28)24(23)36-17(2)27(33)34-3)16-29-31-25(19-10-6-5-7-11-19)30-22-13-9-8-12-20(22)26(31)32/h8-9,12-17,19H,4-7,10-11H2,1-3H3/t17-/m1/s1. The molecule has 1 aliphatic carbocycles. The second-order valence-corrected chi connectivity index (χ2v) is 9.58. The summed E-state index contributed by atoms with van der Waals surface area (Å²) >= 11 is 3.52. The van der Waals surface area contributed by atoms with Crippen molar-refractivity contribution in [2.45, 2.75) is 58.0 Å². The van der Waals surface area contributed by atoms with Crippen LogP contribution in [-0.4, -0.2) is 41.7 Å². The smallest absolute Gasteiger partial charge is 0.346 e. The van der Waals surface area contributed by atoms with Gasteiger partial charge in [0.25, 0.3) is 5.56 Å². The summed E-state index contributed by atoms with van der Waals surface area (Å²) in [5.74, 6) is 1.23. The van der Waals surface area contributed by atoms with Gasteiger partial charge < -0.3 is 14.2 Å². The first-order valence-electron chi connectivity index (χ1n) is 12.2. The molecule has 1 aliphatic rings. The molecule has 0 saturated heterocycles. The quantitative estimate of drug-likeness (QED) is 0.272. The number of aromatic nitrogens is 2. The second kappa shape index (κ2) is 11.7. The number of hydrogen-bond acceptors (Lipinski definition) is 7. The number of hydrogen-bond donors (Lipinski definition) is 0. The Kier molecular flexibility index (Phi) is 8.40. The third-order valence-electron chi connectivity index (χ3n) is 6.23. The summed E-state index contributed by atoms with van der Waals surface area (Å²) in [7, 11) is 1.31. The fraction of sp³-hybridized carbons (Fsp3) is 0.407. The van der Waals surface area contributed by atoms with Crippen LogP contribution in [0.4, 0.5) is 0 Å². The topological polar surface area (TPSA) is 92.0 Å². The Labute approximate surface area is 218 Å². The number of carbonyl (C=O) groups is 1.